The lowest BCUT2D eigenvalue weighted by Crippen LogP contribution is -2.42. The van der Waals surface area contributed by atoms with Gasteiger partial charge < -0.3 is 14.2 Å². The lowest BCUT2D eigenvalue weighted by atomic mass is 9.95. The molecule has 0 radical (unpaired) electrons. The molecule has 3 heterocycles. The number of aryl methyl sites for hydroxylation is 2. The minimum atomic E-state index is -0.496. The van der Waals surface area contributed by atoms with E-state index in [1.54, 1.807) is 0 Å². The van der Waals surface area contributed by atoms with E-state index in [9.17, 15) is 4.79 Å². The molecule has 0 spiro atoms. The van der Waals surface area contributed by atoms with Gasteiger partial charge in [-0.3, -0.25) is 0 Å². The van der Waals surface area contributed by atoms with Crippen molar-refractivity contribution < 1.29 is 9.53 Å². The van der Waals surface area contributed by atoms with Crippen molar-refractivity contribution in [2.75, 3.05) is 6.54 Å². The summed E-state index contributed by atoms with van der Waals surface area (Å²) in [5.74, 6) is 0.910. The Labute approximate surface area is 156 Å². The number of pyridine rings is 1. The third kappa shape index (κ3) is 3.76. The van der Waals surface area contributed by atoms with Gasteiger partial charge in [0.05, 0.1) is 6.04 Å². The van der Waals surface area contributed by atoms with Crippen molar-refractivity contribution in [2.45, 2.75) is 65.5 Å². The number of aromatic nitrogens is 2. The average molecular weight is 355 g/mol. The summed E-state index contributed by atoms with van der Waals surface area (Å²) in [5, 5.41) is 0. The van der Waals surface area contributed by atoms with E-state index in [1.807, 2.05) is 37.9 Å². The third-order valence-electron chi connectivity index (χ3n) is 4.79. The molecule has 1 fully saturated rings. The van der Waals surface area contributed by atoms with Crippen LogP contribution >= 0.6 is 0 Å². The summed E-state index contributed by atoms with van der Waals surface area (Å²) in [7, 11) is 0. The highest BCUT2D eigenvalue weighted by atomic mass is 16.6. The van der Waals surface area contributed by atoms with Crippen LogP contribution in [0.2, 0.25) is 0 Å². The van der Waals surface area contributed by atoms with Gasteiger partial charge in [0.2, 0.25) is 0 Å². The van der Waals surface area contributed by atoms with Crippen LogP contribution in [0, 0.1) is 13.8 Å². The van der Waals surface area contributed by atoms with Crippen LogP contribution in [0.4, 0.5) is 4.79 Å². The minimum Gasteiger partial charge on any atom is -0.444 e. The van der Waals surface area contributed by atoms with Gasteiger partial charge in [-0.15, -0.1) is 0 Å². The number of carbonyl (C=O) groups excluding carboxylic acids is 1. The Morgan fingerprint density at radius 2 is 1.85 bits per heavy atom. The zero-order valence-electron chi connectivity index (χ0n) is 16.5. The predicted molar refractivity (Wildman–Crippen MR) is 103 cm³/mol. The van der Waals surface area contributed by atoms with Crippen LogP contribution in [-0.4, -0.2) is 32.7 Å². The second-order valence-electron chi connectivity index (χ2n) is 8.05. The first-order valence-corrected chi connectivity index (χ1v) is 9.38. The standard InChI is InChI=1S/C21H29N3O2/c1-15-11-12-16(2)24(15)19-17(9-8-13-22-19)18-10-6-7-14-23(18)20(25)26-21(3,4)5/h8-9,11-13,18H,6-7,10,14H2,1-5H3/t18-/m0/s1. The van der Waals surface area contributed by atoms with E-state index in [-0.39, 0.29) is 12.1 Å². The Kier molecular flexibility index (Phi) is 5.08. The smallest absolute Gasteiger partial charge is 0.410 e. The fourth-order valence-corrected chi connectivity index (χ4v) is 3.65. The van der Waals surface area contributed by atoms with E-state index in [0.717, 1.165) is 48.6 Å². The van der Waals surface area contributed by atoms with Crippen molar-refractivity contribution >= 4 is 6.09 Å². The minimum absolute atomic E-state index is 0.0106. The van der Waals surface area contributed by atoms with Gasteiger partial charge in [0.25, 0.3) is 0 Å². The first-order valence-electron chi connectivity index (χ1n) is 9.38. The molecular formula is C21H29N3O2. The molecule has 5 nitrogen and oxygen atoms in total. The topological polar surface area (TPSA) is 47.4 Å². The Balaban J connectivity index is 2.00. The monoisotopic (exact) mass is 355 g/mol. The molecular weight excluding hydrogens is 326 g/mol. The number of piperidine rings is 1. The number of hydrogen-bond donors (Lipinski definition) is 0. The second kappa shape index (κ2) is 7.14. The summed E-state index contributed by atoms with van der Waals surface area (Å²) in [6.07, 6.45) is 4.61. The van der Waals surface area contributed by atoms with Crippen LogP contribution in [0.15, 0.2) is 30.5 Å². The van der Waals surface area contributed by atoms with Crippen molar-refractivity contribution in [2.24, 2.45) is 0 Å². The highest BCUT2D eigenvalue weighted by Gasteiger charge is 2.33. The molecule has 0 N–H and O–H groups in total. The lowest BCUT2D eigenvalue weighted by Gasteiger charge is -2.37. The molecule has 140 valence electrons. The van der Waals surface area contributed by atoms with Gasteiger partial charge in [-0.1, -0.05) is 6.07 Å². The van der Waals surface area contributed by atoms with Crippen molar-refractivity contribution in [3.63, 3.8) is 0 Å². The molecule has 0 aromatic carbocycles. The van der Waals surface area contributed by atoms with E-state index in [0.29, 0.717) is 0 Å². The molecule has 5 heteroatoms. The summed E-state index contributed by atoms with van der Waals surface area (Å²) in [6, 6.07) is 8.23. The number of likely N-dealkylation sites (tertiary alicyclic amines) is 1. The molecule has 1 aliphatic heterocycles. The molecule has 1 saturated heterocycles. The van der Waals surface area contributed by atoms with E-state index in [1.165, 1.54) is 0 Å². The summed E-state index contributed by atoms with van der Waals surface area (Å²) in [5.41, 5.74) is 2.87. The molecule has 0 unspecified atom stereocenters. The van der Waals surface area contributed by atoms with E-state index in [2.05, 4.69) is 41.6 Å². The molecule has 0 saturated carbocycles. The van der Waals surface area contributed by atoms with Crippen molar-refractivity contribution in [1.29, 1.82) is 0 Å². The van der Waals surface area contributed by atoms with Crippen LogP contribution < -0.4 is 0 Å². The maximum Gasteiger partial charge on any atom is 0.410 e. The highest BCUT2D eigenvalue weighted by molar-refractivity contribution is 5.69. The van der Waals surface area contributed by atoms with Crippen LogP contribution in [0.1, 0.15) is 63.0 Å². The summed E-state index contributed by atoms with van der Waals surface area (Å²) < 4.78 is 7.83. The first-order chi connectivity index (χ1) is 12.3. The molecule has 1 atom stereocenters. The largest absolute Gasteiger partial charge is 0.444 e. The normalized spacial score (nSPS) is 18.0. The Morgan fingerprint density at radius 3 is 2.50 bits per heavy atom. The molecule has 1 amide bonds. The molecule has 0 aliphatic carbocycles. The fourth-order valence-electron chi connectivity index (χ4n) is 3.65. The highest BCUT2D eigenvalue weighted by Crippen LogP contribution is 2.35. The van der Waals surface area contributed by atoms with Gasteiger partial charge in [-0.25, -0.2) is 9.78 Å². The van der Waals surface area contributed by atoms with Gasteiger partial charge >= 0.3 is 6.09 Å². The molecule has 3 rings (SSSR count). The predicted octanol–water partition coefficient (Wildman–Crippen LogP) is 4.95. The van der Waals surface area contributed by atoms with Crippen molar-refractivity contribution in [3.8, 4) is 5.82 Å². The number of hydrogen-bond acceptors (Lipinski definition) is 3. The maximum absolute atomic E-state index is 12.8. The number of nitrogens with zero attached hydrogens (tertiary/aromatic N) is 3. The van der Waals surface area contributed by atoms with Crippen LogP contribution in [-0.2, 0) is 4.74 Å². The van der Waals surface area contributed by atoms with Gasteiger partial charge in [0, 0.05) is 29.7 Å². The quantitative estimate of drug-likeness (QED) is 0.765. The summed E-state index contributed by atoms with van der Waals surface area (Å²) in [4.78, 5) is 19.4. The van der Waals surface area contributed by atoms with E-state index in [4.69, 9.17) is 4.74 Å². The number of amides is 1. The second-order valence-corrected chi connectivity index (χ2v) is 8.05. The van der Waals surface area contributed by atoms with Crippen LogP contribution in [0.5, 0.6) is 0 Å². The van der Waals surface area contributed by atoms with E-state index < -0.39 is 5.60 Å². The molecule has 2 aromatic heterocycles. The zero-order chi connectivity index (χ0) is 18.9. The number of ether oxygens (including phenoxy) is 1. The van der Waals surface area contributed by atoms with Crippen LogP contribution in [0.3, 0.4) is 0 Å². The Hall–Kier alpha value is -2.30. The van der Waals surface area contributed by atoms with Gasteiger partial charge in [0.15, 0.2) is 0 Å². The van der Waals surface area contributed by atoms with Gasteiger partial charge in [0.1, 0.15) is 11.4 Å². The maximum atomic E-state index is 12.8. The number of carbonyl (C=O) groups is 1. The zero-order valence-corrected chi connectivity index (χ0v) is 16.5. The third-order valence-corrected chi connectivity index (χ3v) is 4.79. The average Bonchev–Trinajstić information content (AvgIpc) is 2.92. The summed E-state index contributed by atoms with van der Waals surface area (Å²) >= 11 is 0. The molecule has 2 aromatic rings. The molecule has 0 bridgehead atoms. The molecule has 26 heavy (non-hydrogen) atoms. The van der Waals surface area contributed by atoms with Crippen LogP contribution in [0.25, 0.3) is 5.82 Å². The summed E-state index contributed by atoms with van der Waals surface area (Å²) in [6.45, 7) is 10.6. The Morgan fingerprint density at radius 1 is 1.15 bits per heavy atom. The molecule has 1 aliphatic rings. The first kappa shape index (κ1) is 18.5. The van der Waals surface area contributed by atoms with Gasteiger partial charge in [-0.05, 0) is 72.1 Å². The van der Waals surface area contributed by atoms with Gasteiger partial charge in [-0.2, -0.15) is 0 Å². The fraction of sp³-hybridized carbons (Fsp3) is 0.524. The SMILES string of the molecule is Cc1ccc(C)n1-c1ncccc1[C@@H]1CCCCN1C(=O)OC(C)(C)C. The Bertz CT molecular complexity index is 769. The van der Waals surface area contributed by atoms with Crippen molar-refractivity contribution in [3.05, 3.63) is 47.4 Å². The number of rotatable bonds is 2. The van der Waals surface area contributed by atoms with E-state index >= 15 is 0 Å². The van der Waals surface area contributed by atoms with Crippen molar-refractivity contribution in [1.82, 2.24) is 14.5 Å². The lowest BCUT2D eigenvalue weighted by molar-refractivity contribution is 0.00949.